The van der Waals surface area contributed by atoms with E-state index in [1.807, 2.05) is 6.92 Å². The van der Waals surface area contributed by atoms with Gasteiger partial charge >= 0.3 is 0 Å². The van der Waals surface area contributed by atoms with Crippen molar-refractivity contribution in [2.24, 2.45) is 0 Å². The minimum atomic E-state index is -4.09. The second-order valence-electron chi connectivity index (χ2n) is 7.18. The Morgan fingerprint density at radius 3 is 2.32 bits per heavy atom. The minimum Gasteiger partial charge on any atom is -0.388 e. The molecule has 9 nitrogen and oxygen atoms in total. The molecule has 3 N–H and O–H groups in total. The van der Waals surface area contributed by atoms with Gasteiger partial charge in [0.2, 0.25) is 0 Å². The van der Waals surface area contributed by atoms with Crippen LogP contribution in [0.5, 0.6) is 0 Å². The number of hydrogen-bond acceptors (Lipinski definition) is 8. The van der Waals surface area contributed by atoms with Crippen molar-refractivity contribution in [3.05, 3.63) is 65.7 Å². The molecule has 0 aromatic heterocycles. The molecule has 1 fully saturated rings. The summed E-state index contributed by atoms with van der Waals surface area (Å²) in [6.07, 6.45) is -5.35. The van der Waals surface area contributed by atoms with E-state index in [1.54, 1.807) is 42.5 Å². The number of aryl methyl sites for hydroxylation is 1. The molecule has 1 aliphatic heterocycles. The van der Waals surface area contributed by atoms with E-state index in [4.69, 9.17) is 13.7 Å². The van der Waals surface area contributed by atoms with Crippen molar-refractivity contribution in [1.82, 2.24) is 5.32 Å². The highest BCUT2D eigenvalue weighted by atomic mass is 32.2. The van der Waals surface area contributed by atoms with E-state index in [0.717, 1.165) is 5.56 Å². The second-order valence-corrected chi connectivity index (χ2v) is 8.79. The smallest absolute Gasteiger partial charge is 0.297 e. The molecule has 2 aromatic carbocycles. The lowest BCUT2D eigenvalue weighted by Crippen LogP contribution is -2.64. The predicted octanol–water partition coefficient (Wildman–Crippen LogP) is 0.592. The monoisotopic (exact) mass is 451 g/mol. The van der Waals surface area contributed by atoms with Gasteiger partial charge in [0.05, 0.1) is 11.5 Å². The first-order valence-corrected chi connectivity index (χ1v) is 11.0. The molecular weight excluding hydrogens is 426 g/mol. The Balaban J connectivity index is 1.67. The van der Waals surface area contributed by atoms with Crippen LogP contribution in [0.3, 0.4) is 0 Å². The molecule has 0 spiro atoms. The SMILES string of the molecule is CO[C@@H]1O[C@H](COS(=O)(=O)c2ccc(C)cc2)[C@H](O)[C@@H](O)[C@H]1NC(=O)c1ccccc1. The Bertz CT molecular complexity index is 978. The quantitative estimate of drug-likeness (QED) is 0.522. The van der Waals surface area contributed by atoms with Crippen molar-refractivity contribution < 1.29 is 37.1 Å². The van der Waals surface area contributed by atoms with Crippen LogP contribution in [-0.4, -0.2) is 68.9 Å². The van der Waals surface area contributed by atoms with Crippen molar-refractivity contribution in [2.75, 3.05) is 13.7 Å². The van der Waals surface area contributed by atoms with E-state index in [0.29, 0.717) is 5.56 Å². The van der Waals surface area contributed by atoms with Crippen LogP contribution in [0.4, 0.5) is 0 Å². The average molecular weight is 451 g/mol. The summed E-state index contributed by atoms with van der Waals surface area (Å²) in [7, 11) is -2.79. The zero-order chi connectivity index (χ0) is 22.6. The first kappa shape index (κ1) is 23.3. The third-order valence-electron chi connectivity index (χ3n) is 4.96. The molecule has 5 atom stereocenters. The van der Waals surface area contributed by atoms with Crippen LogP contribution >= 0.6 is 0 Å². The highest BCUT2D eigenvalue weighted by Gasteiger charge is 2.46. The summed E-state index contributed by atoms with van der Waals surface area (Å²) >= 11 is 0. The van der Waals surface area contributed by atoms with Crippen molar-refractivity contribution in [1.29, 1.82) is 0 Å². The van der Waals surface area contributed by atoms with Crippen LogP contribution in [0.15, 0.2) is 59.5 Å². The second kappa shape index (κ2) is 9.86. The number of benzene rings is 2. The molecule has 1 amide bonds. The predicted molar refractivity (Wildman–Crippen MR) is 110 cm³/mol. The third-order valence-corrected chi connectivity index (χ3v) is 6.26. The van der Waals surface area contributed by atoms with E-state index in [2.05, 4.69) is 5.32 Å². The maximum Gasteiger partial charge on any atom is 0.297 e. The number of amides is 1. The minimum absolute atomic E-state index is 0.0414. The van der Waals surface area contributed by atoms with E-state index in [1.165, 1.54) is 19.2 Å². The maximum atomic E-state index is 12.4. The summed E-state index contributed by atoms with van der Waals surface area (Å²) in [5.41, 5.74) is 1.24. The van der Waals surface area contributed by atoms with E-state index < -0.39 is 53.3 Å². The summed E-state index contributed by atoms with van der Waals surface area (Å²) in [5.74, 6) is -0.487. The number of aliphatic hydroxyl groups is 2. The van der Waals surface area contributed by atoms with Crippen LogP contribution in [0.2, 0.25) is 0 Å². The molecule has 1 saturated heterocycles. The van der Waals surface area contributed by atoms with Gasteiger partial charge in [0.25, 0.3) is 16.0 Å². The number of carbonyl (C=O) groups excluding carboxylic acids is 1. The number of rotatable bonds is 7. The maximum absolute atomic E-state index is 12.4. The number of aliphatic hydroxyl groups excluding tert-OH is 2. The van der Waals surface area contributed by atoms with Gasteiger partial charge in [0.15, 0.2) is 6.29 Å². The molecule has 0 unspecified atom stereocenters. The van der Waals surface area contributed by atoms with Crippen LogP contribution < -0.4 is 5.32 Å². The molecule has 168 valence electrons. The number of methoxy groups -OCH3 is 1. The van der Waals surface area contributed by atoms with E-state index in [9.17, 15) is 23.4 Å². The van der Waals surface area contributed by atoms with Gasteiger partial charge in [-0.25, -0.2) is 0 Å². The Morgan fingerprint density at radius 2 is 1.71 bits per heavy atom. The zero-order valence-corrected chi connectivity index (χ0v) is 17.9. The summed E-state index contributed by atoms with van der Waals surface area (Å²) in [6, 6.07) is 13.3. The molecule has 0 saturated carbocycles. The van der Waals surface area contributed by atoms with Gasteiger partial charge in [-0.1, -0.05) is 35.9 Å². The highest BCUT2D eigenvalue weighted by molar-refractivity contribution is 7.86. The Kier molecular flexibility index (Phi) is 7.42. The molecular formula is C21H25NO8S. The molecule has 2 aromatic rings. The first-order valence-electron chi connectivity index (χ1n) is 9.59. The number of carbonyl (C=O) groups is 1. The number of ether oxygens (including phenoxy) is 2. The topological polar surface area (TPSA) is 131 Å². The van der Waals surface area contributed by atoms with Gasteiger partial charge in [-0.3, -0.25) is 8.98 Å². The summed E-state index contributed by atoms with van der Waals surface area (Å²) in [5, 5.41) is 23.6. The Labute approximate surface area is 180 Å². The fraction of sp³-hybridized carbons (Fsp3) is 0.381. The molecule has 1 heterocycles. The lowest BCUT2D eigenvalue weighted by Gasteiger charge is -2.42. The Hall–Kier alpha value is -2.34. The van der Waals surface area contributed by atoms with Gasteiger partial charge in [-0.2, -0.15) is 8.42 Å². The third kappa shape index (κ3) is 5.48. The van der Waals surface area contributed by atoms with Gasteiger partial charge in [0, 0.05) is 12.7 Å². The van der Waals surface area contributed by atoms with Crippen LogP contribution in [0.1, 0.15) is 15.9 Å². The van der Waals surface area contributed by atoms with Crippen molar-refractivity contribution >= 4 is 16.0 Å². The fourth-order valence-electron chi connectivity index (χ4n) is 3.18. The lowest BCUT2D eigenvalue weighted by molar-refractivity contribution is -0.259. The molecule has 0 aliphatic carbocycles. The molecule has 31 heavy (non-hydrogen) atoms. The van der Waals surface area contributed by atoms with Crippen molar-refractivity contribution in [3.8, 4) is 0 Å². The standard InChI is InChI=1S/C21H25NO8S/c1-13-8-10-15(11-9-13)31(26,27)29-12-16-18(23)19(24)17(21(28-2)30-16)22-20(25)14-6-4-3-5-7-14/h3-11,16-19,21,23-24H,12H2,1-2H3,(H,22,25)/t16-,17-,18+,19+,21-/m1/s1. The normalized spacial score (nSPS) is 26.4. The van der Waals surface area contributed by atoms with Crippen molar-refractivity contribution in [2.45, 2.75) is 42.5 Å². The van der Waals surface area contributed by atoms with Crippen molar-refractivity contribution in [3.63, 3.8) is 0 Å². The van der Waals surface area contributed by atoms with Crippen LogP contribution in [-0.2, 0) is 23.8 Å². The van der Waals surface area contributed by atoms with Gasteiger partial charge in [-0.05, 0) is 31.2 Å². The van der Waals surface area contributed by atoms with Crippen LogP contribution in [0, 0.1) is 6.92 Å². The zero-order valence-electron chi connectivity index (χ0n) is 17.0. The highest BCUT2D eigenvalue weighted by Crippen LogP contribution is 2.24. The fourth-order valence-corrected chi connectivity index (χ4v) is 4.10. The molecule has 10 heteroatoms. The molecule has 1 aliphatic rings. The van der Waals surface area contributed by atoms with E-state index >= 15 is 0 Å². The number of hydrogen-bond donors (Lipinski definition) is 3. The van der Waals surface area contributed by atoms with Gasteiger partial charge < -0.3 is 25.0 Å². The Morgan fingerprint density at radius 1 is 1.06 bits per heavy atom. The van der Waals surface area contributed by atoms with Gasteiger partial charge in [-0.15, -0.1) is 0 Å². The molecule has 0 radical (unpaired) electrons. The van der Waals surface area contributed by atoms with Gasteiger partial charge in [0.1, 0.15) is 24.4 Å². The summed E-state index contributed by atoms with van der Waals surface area (Å²) in [6.45, 7) is 1.27. The molecule has 0 bridgehead atoms. The summed E-state index contributed by atoms with van der Waals surface area (Å²) in [4.78, 5) is 12.4. The summed E-state index contributed by atoms with van der Waals surface area (Å²) < 4.78 is 40.6. The first-order chi connectivity index (χ1) is 14.7. The van der Waals surface area contributed by atoms with E-state index in [-0.39, 0.29) is 4.90 Å². The number of nitrogens with one attached hydrogen (secondary N) is 1. The lowest BCUT2D eigenvalue weighted by atomic mass is 9.96. The largest absolute Gasteiger partial charge is 0.388 e. The van der Waals surface area contributed by atoms with Crippen LogP contribution in [0.25, 0.3) is 0 Å². The average Bonchev–Trinajstić information content (AvgIpc) is 2.77. The molecule has 3 rings (SSSR count).